The molecule has 2 atom stereocenters. The molecule has 0 fully saturated rings. The predicted octanol–water partition coefficient (Wildman–Crippen LogP) is 6.91. The molecule has 0 saturated heterocycles. The average Bonchev–Trinajstić information content (AvgIpc) is 3.17. The largest absolute Gasteiger partial charge is 0.492 e. The zero-order valence-electron chi connectivity index (χ0n) is 25.8. The lowest BCUT2D eigenvalue weighted by atomic mass is 9.90. The summed E-state index contributed by atoms with van der Waals surface area (Å²) in [4.78, 5) is 14.5. The van der Waals surface area contributed by atoms with Gasteiger partial charge in [0.05, 0.1) is 12.6 Å². The summed E-state index contributed by atoms with van der Waals surface area (Å²) in [5.41, 5.74) is 10.6. The van der Waals surface area contributed by atoms with Crippen LogP contribution in [-0.2, 0) is 40.0 Å². The molecule has 1 aliphatic carbocycles. The topological polar surface area (TPSA) is 48.0 Å². The molecule has 5 rings (SSSR count). The number of methoxy groups -OCH3 is 1. The Balaban J connectivity index is 1.30. The Hall–Kier alpha value is -3.93. The minimum Gasteiger partial charge on any atom is -0.492 e. The third-order valence-electron chi connectivity index (χ3n) is 8.34. The molecule has 0 saturated carbocycles. The molecule has 1 aliphatic rings. The summed E-state index contributed by atoms with van der Waals surface area (Å²) in [6.07, 6.45) is 2.88. The lowest BCUT2D eigenvalue weighted by molar-refractivity contribution is -0.154. The zero-order valence-corrected chi connectivity index (χ0v) is 25.8. The standard InChI is InChI=1S/C38H43NO4/c1-5-42-38(40)36(41-4)26-29-13-18-33(19-14-29)43-22-21-39(3)37-34-20-11-27(2)23-32(34)17-16-31-15-12-30(25-35(31)37)24-28-9-7-6-8-10-28/h6-15,18-20,23,25,36-37H,5,16-17,21-22,24,26H2,1-4H3. The lowest BCUT2D eigenvalue weighted by Gasteiger charge is -2.31. The second kappa shape index (κ2) is 14.5. The van der Waals surface area contributed by atoms with Crippen molar-refractivity contribution in [2.45, 2.75) is 51.7 Å². The van der Waals surface area contributed by atoms with Crippen molar-refractivity contribution in [1.29, 1.82) is 0 Å². The molecule has 0 spiro atoms. The van der Waals surface area contributed by atoms with Gasteiger partial charge in [0, 0.05) is 20.1 Å². The third-order valence-corrected chi connectivity index (χ3v) is 8.34. The van der Waals surface area contributed by atoms with E-state index in [1.54, 1.807) is 6.92 Å². The van der Waals surface area contributed by atoms with Gasteiger partial charge in [-0.2, -0.15) is 0 Å². The molecule has 0 N–H and O–H groups in total. The quantitative estimate of drug-likeness (QED) is 0.171. The second-order valence-corrected chi connectivity index (χ2v) is 11.5. The number of esters is 1. The van der Waals surface area contributed by atoms with Crippen molar-refractivity contribution < 1.29 is 19.0 Å². The normalized spacial score (nSPS) is 14.9. The number of rotatable bonds is 12. The molecule has 43 heavy (non-hydrogen) atoms. The van der Waals surface area contributed by atoms with Crippen molar-refractivity contribution in [3.05, 3.63) is 136 Å². The van der Waals surface area contributed by atoms with Gasteiger partial charge < -0.3 is 14.2 Å². The minimum atomic E-state index is -0.609. The van der Waals surface area contributed by atoms with Crippen LogP contribution in [0.5, 0.6) is 5.75 Å². The molecule has 4 aromatic rings. The maximum atomic E-state index is 12.1. The number of aryl methyl sites for hydroxylation is 3. The van der Waals surface area contributed by atoms with Gasteiger partial charge in [-0.25, -0.2) is 4.79 Å². The molecule has 5 nitrogen and oxygen atoms in total. The fourth-order valence-electron chi connectivity index (χ4n) is 6.07. The van der Waals surface area contributed by atoms with Gasteiger partial charge in [-0.3, -0.25) is 4.90 Å². The summed E-state index contributed by atoms with van der Waals surface area (Å²) in [6.45, 7) is 5.66. The van der Waals surface area contributed by atoms with Crippen molar-refractivity contribution in [3.8, 4) is 5.75 Å². The molecule has 4 aromatic carbocycles. The first-order valence-corrected chi connectivity index (χ1v) is 15.3. The predicted molar refractivity (Wildman–Crippen MR) is 172 cm³/mol. The first-order chi connectivity index (χ1) is 20.9. The summed E-state index contributed by atoms with van der Waals surface area (Å²) in [7, 11) is 3.74. The fourth-order valence-corrected chi connectivity index (χ4v) is 6.07. The molecule has 2 unspecified atom stereocenters. The summed E-state index contributed by atoms with van der Waals surface area (Å²) >= 11 is 0. The van der Waals surface area contributed by atoms with Crippen LogP contribution in [0.3, 0.4) is 0 Å². The Bertz CT molecular complexity index is 1500. The molecule has 0 aliphatic heterocycles. The van der Waals surface area contributed by atoms with Gasteiger partial charge in [-0.15, -0.1) is 0 Å². The number of nitrogens with zero attached hydrogens (tertiary/aromatic N) is 1. The summed E-state index contributed by atoms with van der Waals surface area (Å²) in [5, 5.41) is 0. The van der Waals surface area contributed by atoms with Crippen molar-refractivity contribution >= 4 is 5.97 Å². The minimum absolute atomic E-state index is 0.156. The van der Waals surface area contributed by atoms with Crippen molar-refractivity contribution in [3.63, 3.8) is 0 Å². The maximum Gasteiger partial charge on any atom is 0.335 e. The van der Waals surface area contributed by atoms with E-state index < -0.39 is 6.10 Å². The van der Waals surface area contributed by atoms with Crippen LogP contribution in [0.25, 0.3) is 0 Å². The van der Waals surface area contributed by atoms with Gasteiger partial charge >= 0.3 is 5.97 Å². The van der Waals surface area contributed by atoms with Crippen LogP contribution in [0.4, 0.5) is 0 Å². The van der Waals surface area contributed by atoms with E-state index in [1.807, 2.05) is 24.3 Å². The van der Waals surface area contributed by atoms with E-state index in [0.29, 0.717) is 19.6 Å². The van der Waals surface area contributed by atoms with E-state index in [-0.39, 0.29) is 12.0 Å². The number of benzene rings is 4. The third kappa shape index (κ3) is 7.73. The summed E-state index contributed by atoms with van der Waals surface area (Å²) < 4.78 is 16.7. The molecule has 0 aromatic heterocycles. The Labute approximate surface area is 256 Å². The number of ether oxygens (including phenoxy) is 3. The van der Waals surface area contributed by atoms with E-state index in [4.69, 9.17) is 14.2 Å². The van der Waals surface area contributed by atoms with Gasteiger partial charge in [-0.05, 0) is 91.2 Å². The Morgan fingerprint density at radius 2 is 1.60 bits per heavy atom. The highest BCUT2D eigenvalue weighted by Crippen LogP contribution is 2.37. The van der Waals surface area contributed by atoms with Gasteiger partial charge in [0.2, 0.25) is 0 Å². The van der Waals surface area contributed by atoms with Crippen LogP contribution in [0.15, 0.2) is 91.0 Å². The SMILES string of the molecule is CCOC(=O)C(Cc1ccc(OCCN(C)C2c3ccc(C)cc3CCc3ccc(Cc4ccccc4)cc32)cc1)OC. The molecule has 0 radical (unpaired) electrons. The molecular formula is C38H43NO4. The Morgan fingerprint density at radius 3 is 2.35 bits per heavy atom. The molecule has 224 valence electrons. The number of carbonyl (C=O) groups excluding carboxylic acids is 1. The van der Waals surface area contributed by atoms with Crippen molar-refractivity contribution in [1.82, 2.24) is 4.90 Å². The van der Waals surface area contributed by atoms with Crippen LogP contribution in [0.2, 0.25) is 0 Å². The molecule has 0 heterocycles. The number of likely N-dealkylation sites (N-methyl/N-ethyl adjacent to an activating group) is 1. The number of hydrogen-bond donors (Lipinski definition) is 0. The van der Waals surface area contributed by atoms with Crippen LogP contribution in [-0.4, -0.2) is 50.9 Å². The van der Waals surface area contributed by atoms with Gasteiger partial charge in [0.1, 0.15) is 12.4 Å². The van der Waals surface area contributed by atoms with Crippen LogP contribution >= 0.6 is 0 Å². The highest BCUT2D eigenvalue weighted by molar-refractivity contribution is 5.75. The molecule has 0 amide bonds. The number of fused-ring (bicyclic) bond motifs is 2. The Kier molecular flexibility index (Phi) is 10.3. The zero-order chi connectivity index (χ0) is 30.2. The summed E-state index contributed by atoms with van der Waals surface area (Å²) in [6, 6.07) is 32.8. The number of carbonyl (C=O) groups is 1. The average molecular weight is 578 g/mol. The highest BCUT2D eigenvalue weighted by Gasteiger charge is 2.27. The second-order valence-electron chi connectivity index (χ2n) is 11.5. The van der Waals surface area contributed by atoms with Crippen LogP contribution in [0.1, 0.15) is 57.5 Å². The maximum absolute atomic E-state index is 12.1. The van der Waals surface area contributed by atoms with E-state index in [9.17, 15) is 4.79 Å². The van der Waals surface area contributed by atoms with E-state index in [0.717, 1.165) is 37.1 Å². The van der Waals surface area contributed by atoms with Gasteiger partial charge in [-0.1, -0.05) is 84.4 Å². The van der Waals surface area contributed by atoms with E-state index in [2.05, 4.69) is 85.6 Å². The number of hydrogen-bond acceptors (Lipinski definition) is 5. The van der Waals surface area contributed by atoms with Crippen LogP contribution < -0.4 is 4.74 Å². The highest BCUT2D eigenvalue weighted by atomic mass is 16.6. The van der Waals surface area contributed by atoms with Crippen molar-refractivity contribution in [2.24, 2.45) is 0 Å². The Morgan fingerprint density at radius 1 is 0.860 bits per heavy atom. The molecule has 5 heteroatoms. The van der Waals surface area contributed by atoms with Gasteiger partial charge in [0.15, 0.2) is 6.10 Å². The van der Waals surface area contributed by atoms with Crippen molar-refractivity contribution in [2.75, 3.05) is 33.9 Å². The first-order valence-electron chi connectivity index (χ1n) is 15.3. The summed E-state index contributed by atoms with van der Waals surface area (Å²) in [5.74, 6) is 0.474. The smallest absolute Gasteiger partial charge is 0.335 e. The monoisotopic (exact) mass is 577 g/mol. The van der Waals surface area contributed by atoms with E-state index in [1.165, 1.54) is 46.1 Å². The fraction of sp³-hybridized carbons (Fsp3) is 0.342. The van der Waals surface area contributed by atoms with Gasteiger partial charge in [0.25, 0.3) is 0 Å². The lowest BCUT2D eigenvalue weighted by Crippen LogP contribution is -2.30. The first kappa shape index (κ1) is 30.5. The molecule has 0 bridgehead atoms. The van der Waals surface area contributed by atoms with E-state index >= 15 is 0 Å². The molecular weight excluding hydrogens is 534 g/mol. The van der Waals surface area contributed by atoms with Crippen LogP contribution in [0, 0.1) is 6.92 Å².